The molecule has 0 aromatic rings. The number of aliphatic imine (C=N–C) groups is 1. The van der Waals surface area contributed by atoms with Gasteiger partial charge in [0, 0.05) is 39.3 Å². The fourth-order valence-corrected chi connectivity index (χ4v) is 2.60. The first-order valence-electron chi connectivity index (χ1n) is 7.96. The zero-order valence-corrected chi connectivity index (χ0v) is 13.7. The van der Waals surface area contributed by atoms with Crippen LogP contribution in [-0.4, -0.2) is 50.1 Å². The Morgan fingerprint density at radius 2 is 2.05 bits per heavy atom. The zero-order valence-electron chi connectivity index (χ0n) is 13.7. The molecule has 1 aliphatic rings. The van der Waals surface area contributed by atoms with Gasteiger partial charge in [0.05, 0.1) is 0 Å². The average molecular weight is 280 g/mol. The molecule has 0 bridgehead atoms. The van der Waals surface area contributed by atoms with E-state index in [1.54, 1.807) is 0 Å². The van der Waals surface area contributed by atoms with Gasteiger partial charge in [-0.15, -0.1) is 0 Å². The molecule has 0 spiro atoms. The third-order valence-corrected chi connectivity index (χ3v) is 3.61. The Bertz CT molecular complexity index is 302. The molecule has 1 heterocycles. The minimum Gasteiger partial charge on any atom is -0.356 e. The highest BCUT2D eigenvalue weighted by atomic mass is 15.2. The molecule has 4 nitrogen and oxygen atoms in total. The normalized spacial score (nSPS) is 18.9. The fraction of sp³-hybridized carbons (Fsp3) is 0.812. The van der Waals surface area contributed by atoms with Gasteiger partial charge in [0.25, 0.3) is 0 Å². The van der Waals surface area contributed by atoms with Crippen LogP contribution in [0.25, 0.3) is 0 Å². The van der Waals surface area contributed by atoms with Crippen molar-refractivity contribution in [3.05, 3.63) is 12.2 Å². The highest BCUT2D eigenvalue weighted by Gasteiger charge is 2.20. The molecule has 0 saturated carbocycles. The molecule has 1 aliphatic heterocycles. The molecular formula is C16H32N4. The van der Waals surface area contributed by atoms with E-state index >= 15 is 0 Å². The SMILES string of the molecule is C/C=C/CCNC(=NC)NC1CCN(CC(C)C)CC1. The quantitative estimate of drug-likeness (QED) is 0.339. The number of rotatable bonds is 6. The van der Waals surface area contributed by atoms with Crippen LogP contribution in [0.2, 0.25) is 0 Å². The number of hydrogen-bond acceptors (Lipinski definition) is 2. The van der Waals surface area contributed by atoms with Gasteiger partial charge in [-0.2, -0.15) is 0 Å². The summed E-state index contributed by atoms with van der Waals surface area (Å²) in [6.45, 7) is 11.2. The molecule has 0 amide bonds. The summed E-state index contributed by atoms with van der Waals surface area (Å²) in [6.07, 6.45) is 7.72. The monoisotopic (exact) mass is 280 g/mol. The first-order valence-corrected chi connectivity index (χ1v) is 7.96. The molecule has 0 radical (unpaired) electrons. The predicted molar refractivity (Wildman–Crippen MR) is 88.2 cm³/mol. The Labute approximate surface area is 124 Å². The van der Waals surface area contributed by atoms with Gasteiger partial charge in [-0.1, -0.05) is 26.0 Å². The lowest BCUT2D eigenvalue weighted by molar-refractivity contribution is 0.187. The second kappa shape index (κ2) is 9.81. The van der Waals surface area contributed by atoms with Crippen LogP contribution in [0.4, 0.5) is 0 Å². The van der Waals surface area contributed by atoms with Crippen LogP contribution in [0.5, 0.6) is 0 Å². The molecular weight excluding hydrogens is 248 g/mol. The van der Waals surface area contributed by atoms with Crippen LogP contribution in [0.15, 0.2) is 17.1 Å². The summed E-state index contributed by atoms with van der Waals surface area (Å²) in [4.78, 5) is 6.88. The number of nitrogens with one attached hydrogen (secondary N) is 2. The Hall–Kier alpha value is -1.03. The minimum atomic E-state index is 0.561. The number of likely N-dealkylation sites (tertiary alicyclic amines) is 1. The molecule has 4 heteroatoms. The van der Waals surface area contributed by atoms with Gasteiger partial charge in [-0.05, 0) is 32.1 Å². The maximum Gasteiger partial charge on any atom is 0.191 e. The summed E-state index contributed by atoms with van der Waals surface area (Å²) >= 11 is 0. The smallest absolute Gasteiger partial charge is 0.191 e. The molecule has 1 saturated heterocycles. The number of hydrogen-bond donors (Lipinski definition) is 2. The van der Waals surface area contributed by atoms with E-state index in [0.717, 1.165) is 24.8 Å². The summed E-state index contributed by atoms with van der Waals surface area (Å²) in [5.74, 6) is 1.71. The van der Waals surface area contributed by atoms with Gasteiger partial charge in [-0.3, -0.25) is 4.99 Å². The molecule has 1 fully saturated rings. The first kappa shape index (κ1) is 17.0. The lowest BCUT2D eigenvalue weighted by atomic mass is 10.0. The van der Waals surface area contributed by atoms with Crippen LogP contribution in [0.1, 0.15) is 40.0 Å². The maximum absolute atomic E-state index is 4.30. The van der Waals surface area contributed by atoms with Crippen LogP contribution in [0.3, 0.4) is 0 Å². The van der Waals surface area contributed by atoms with Crippen molar-refractivity contribution in [2.75, 3.05) is 33.2 Å². The van der Waals surface area contributed by atoms with Gasteiger partial charge < -0.3 is 15.5 Å². The van der Waals surface area contributed by atoms with Crippen LogP contribution in [-0.2, 0) is 0 Å². The molecule has 0 aliphatic carbocycles. The Morgan fingerprint density at radius 3 is 2.60 bits per heavy atom. The van der Waals surface area contributed by atoms with E-state index in [2.05, 4.69) is 53.4 Å². The Kier molecular flexibility index (Phi) is 8.35. The minimum absolute atomic E-state index is 0.561. The van der Waals surface area contributed by atoms with Crippen molar-refractivity contribution in [3.8, 4) is 0 Å². The van der Waals surface area contributed by atoms with Crippen molar-refractivity contribution >= 4 is 5.96 Å². The highest BCUT2D eigenvalue weighted by molar-refractivity contribution is 5.79. The van der Waals surface area contributed by atoms with Crippen LogP contribution < -0.4 is 10.6 Å². The van der Waals surface area contributed by atoms with Crippen molar-refractivity contribution in [2.45, 2.75) is 46.1 Å². The first-order chi connectivity index (χ1) is 9.65. The second-order valence-corrected chi connectivity index (χ2v) is 5.97. The third-order valence-electron chi connectivity index (χ3n) is 3.61. The topological polar surface area (TPSA) is 39.7 Å². The van der Waals surface area contributed by atoms with E-state index in [1.807, 2.05) is 7.05 Å². The fourth-order valence-electron chi connectivity index (χ4n) is 2.60. The summed E-state index contributed by atoms with van der Waals surface area (Å²) in [5.41, 5.74) is 0. The van der Waals surface area contributed by atoms with Crippen molar-refractivity contribution in [1.29, 1.82) is 0 Å². The van der Waals surface area contributed by atoms with Gasteiger partial charge in [0.15, 0.2) is 5.96 Å². The molecule has 2 N–H and O–H groups in total. The summed E-state index contributed by atoms with van der Waals surface area (Å²) in [7, 11) is 1.85. The molecule has 116 valence electrons. The molecule has 1 rings (SSSR count). The van der Waals surface area contributed by atoms with Gasteiger partial charge in [0.2, 0.25) is 0 Å². The molecule has 0 unspecified atom stereocenters. The standard InChI is InChI=1S/C16H32N4/c1-5-6-7-10-18-16(17-4)19-15-8-11-20(12-9-15)13-14(2)3/h5-6,14-15H,7-13H2,1-4H3,(H2,17,18,19)/b6-5+. The average Bonchev–Trinajstić information content (AvgIpc) is 2.43. The van der Waals surface area contributed by atoms with Crippen molar-refractivity contribution in [2.24, 2.45) is 10.9 Å². The molecule has 0 atom stereocenters. The van der Waals surface area contributed by atoms with Crippen molar-refractivity contribution in [1.82, 2.24) is 15.5 Å². The van der Waals surface area contributed by atoms with Crippen molar-refractivity contribution in [3.63, 3.8) is 0 Å². The molecule has 0 aromatic heterocycles. The van der Waals surface area contributed by atoms with E-state index in [0.29, 0.717) is 6.04 Å². The van der Waals surface area contributed by atoms with E-state index < -0.39 is 0 Å². The lowest BCUT2D eigenvalue weighted by Crippen LogP contribution is -2.49. The van der Waals surface area contributed by atoms with E-state index in [4.69, 9.17) is 0 Å². The Balaban J connectivity index is 2.23. The number of guanidine groups is 1. The van der Waals surface area contributed by atoms with Crippen molar-refractivity contribution < 1.29 is 0 Å². The number of allylic oxidation sites excluding steroid dienone is 1. The second-order valence-electron chi connectivity index (χ2n) is 5.97. The third kappa shape index (κ3) is 6.94. The molecule has 0 aromatic carbocycles. The zero-order chi connectivity index (χ0) is 14.8. The predicted octanol–water partition coefficient (Wildman–Crippen LogP) is 2.24. The highest BCUT2D eigenvalue weighted by Crippen LogP contribution is 2.11. The van der Waals surface area contributed by atoms with Gasteiger partial charge in [-0.25, -0.2) is 0 Å². The number of nitrogens with zero attached hydrogens (tertiary/aromatic N) is 2. The lowest BCUT2D eigenvalue weighted by Gasteiger charge is -2.33. The largest absolute Gasteiger partial charge is 0.356 e. The van der Waals surface area contributed by atoms with E-state index in [-0.39, 0.29) is 0 Å². The van der Waals surface area contributed by atoms with Gasteiger partial charge >= 0.3 is 0 Å². The van der Waals surface area contributed by atoms with E-state index in [9.17, 15) is 0 Å². The van der Waals surface area contributed by atoms with Gasteiger partial charge in [0.1, 0.15) is 0 Å². The van der Waals surface area contributed by atoms with E-state index in [1.165, 1.54) is 32.5 Å². The summed E-state index contributed by atoms with van der Waals surface area (Å²) in [6, 6.07) is 0.561. The summed E-state index contributed by atoms with van der Waals surface area (Å²) in [5, 5.41) is 6.91. The molecule has 20 heavy (non-hydrogen) atoms. The van der Waals surface area contributed by atoms with Crippen LogP contribution >= 0.6 is 0 Å². The Morgan fingerprint density at radius 1 is 1.35 bits per heavy atom. The number of piperidine rings is 1. The summed E-state index contributed by atoms with van der Waals surface area (Å²) < 4.78 is 0. The van der Waals surface area contributed by atoms with Crippen LogP contribution in [0, 0.1) is 5.92 Å². The maximum atomic E-state index is 4.30.